The summed E-state index contributed by atoms with van der Waals surface area (Å²) >= 11 is 3.31. The zero-order chi connectivity index (χ0) is 12.2. The van der Waals surface area contributed by atoms with E-state index in [-0.39, 0.29) is 12.4 Å². The molecule has 1 aromatic carbocycles. The molecule has 0 aliphatic carbocycles. The van der Waals surface area contributed by atoms with Gasteiger partial charge in [0.05, 0.1) is 6.07 Å². The Kier molecular flexibility index (Phi) is 4.65. The van der Waals surface area contributed by atoms with Crippen LogP contribution < -0.4 is 0 Å². The SMILES string of the molecule is C[Si](C)(Cc1cc(Br)ccc1F)OCC#N. The number of nitriles is 1. The second kappa shape index (κ2) is 5.57. The van der Waals surface area contributed by atoms with Crippen molar-refractivity contribution in [2.45, 2.75) is 19.1 Å². The molecular weight excluding hydrogens is 289 g/mol. The number of halogens is 2. The molecule has 0 aliphatic rings. The summed E-state index contributed by atoms with van der Waals surface area (Å²) in [6.45, 7) is 4.03. The van der Waals surface area contributed by atoms with Gasteiger partial charge in [-0.05, 0) is 42.9 Å². The summed E-state index contributed by atoms with van der Waals surface area (Å²) in [6, 6.07) is 7.39. The molecule has 16 heavy (non-hydrogen) atoms. The van der Waals surface area contributed by atoms with Crippen molar-refractivity contribution in [3.63, 3.8) is 0 Å². The van der Waals surface area contributed by atoms with E-state index >= 15 is 0 Å². The standard InChI is InChI=1S/C11H13BrFNOSi/c1-16(2,15-6-5-14)8-9-7-10(12)3-4-11(9)13/h3-4,7H,6,8H2,1-2H3. The smallest absolute Gasteiger partial charge is 0.192 e. The number of hydrogen-bond donors (Lipinski definition) is 0. The Bertz CT molecular complexity index is 417. The largest absolute Gasteiger partial charge is 0.404 e. The van der Waals surface area contributed by atoms with Gasteiger partial charge in [-0.1, -0.05) is 15.9 Å². The van der Waals surface area contributed by atoms with Gasteiger partial charge in [0.25, 0.3) is 0 Å². The molecule has 2 nitrogen and oxygen atoms in total. The van der Waals surface area contributed by atoms with Crippen LogP contribution in [0.5, 0.6) is 0 Å². The Labute approximate surface area is 104 Å². The van der Waals surface area contributed by atoms with Crippen molar-refractivity contribution < 1.29 is 8.82 Å². The second-order valence-electron chi connectivity index (χ2n) is 4.12. The predicted octanol–water partition coefficient (Wildman–Crippen LogP) is 3.42. The molecular formula is C11H13BrFNOSi. The Morgan fingerprint density at radius 1 is 1.50 bits per heavy atom. The molecule has 1 aromatic rings. The van der Waals surface area contributed by atoms with Gasteiger partial charge in [0.15, 0.2) is 8.32 Å². The van der Waals surface area contributed by atoms with Crippen molar-refractivity contribution in [1.29, 1.82) is 5.26 Å². The molecule has 0 heterocycles. The van der Waals surface area contributed by atoms with Crippen LogP contribution in [0.1, 0.15) is 5.56 Å². The Morgan fingerprint density at radius 3 is 2.81 bits per heavy atom. The van der Waals surface area contributed by atoms with Crippen molar-refractivity contribution in [3.8, 4) is 6.07 Å². The molecule has 0 aromatic heterocycles. The van der Waals surface area contributed by atoms with Crippen molar-refractivity contribution >= 4 is 24.2 Å². The zero-order valence-corrected chi connectivity index (χ0v) is 11.8. The fourth-order valence-electron chi connectivity index (χ4n) is 1.42. The Morgan fingerprint density at radius 2 is 2.19 bits per heavy atom. The first-order valence-corrected chi connectivity index (χ1v) is 8.80. The summed E-state index contributed by atoms with van der Waals surface area (Å²) in [6.07, 6.45) is 0. The molecule has 0 unspecified atom stereocenters. The van der Waals surface area contributed by atoms with E-state index in [0.717, 1.165) is 4.47 Å². The van der Waals surface area contributed by atoms with Crippen molar-refractivity contribution in [1.82, 2.24) is 0 Å². The van der Waals surface area contributed by atoms with Gasteiger partial charge >= 0.3 is 0 Å². The number of nitrogens with zero attached hydrogens (tertiary/aromatic N) is 1. The fourth-order valence-corrected chi connectivity index (χ4v) is 3.57. The van der Waals surface area contributed by atoms with Crippen LogP contribution in [0.25, 0.3) is 0 Å². The van der Waals surface area contributed by atoms with E-state index in [1.807, 2.05) is 19.2 Å². The number of hydrogen-bond acceptors (Lipinski definition) is 2. The fraction of sp³-hybridized carbons (Fsp3) is 0.364. The van der Waals surface area contributed by atoms with Crippen molar-refractivity contribution in [2.75, 3.05) is 6.61 Å². The van der Waals surface area contributed by atoms with Crippen molar-refractivity contribution in [3.05, 3.63) is 34.1 Å². The third-order valence-corrected chi connectivity index (χ3v) is 4.80. The van der Waals surface area contributed by atoms with Gasteiger partial charge in [-0.3, -0.25) is 0 Å². The Balaban J connectivity index is 2.79. The van der Waals surface area contributed by atoms with E-state index in [0.29, 0.717) is 11.6 Å². The van der Waals surface area contributed by atoms with Gasteiger partial charge in [0, 0.05) is 4.47 Å². The van der Waals surface area contributed by atoms with Gasteiger partial charge in [-0.25, -0.2) is 4.39 Å². The van der Waals surface area contributed by atoms with Gasteiger partial charge in [-0.15, -0.1) is 0 Å². The average molecular weight is 302 g/mol. The van der Waals surface area contributed by atoms with Crippen LogP contribution in [0.2, 0.25) is 13.1 Å². The molecule has 86 valence electrons. The lowest BCUT2D eigenvalue weighted by Gasteiger charge is -2.21. The molecule has 0 saturated carbocycles. The highest BCUT2D eigenvalue weighted by Crippen LogP contribution is 2.20. The highest BCUT2D eigenvalue weighted by Gasteiger charge is 2.24. The summed E-state index contributed by atoms with van der Waals surface area (Å²) in [4.78, 5) is 0. The molecule has 0 N–H and O–H groups in total. The van der Waals surface area contributed by atoms with Crippen LogP contribution in [-0.4, -0.2) is 14.9 Å². The summed E-state index contributed by atoms with van der Waals surface area (Å²) in [5.41, 5.74) is 0.643. The van der Waals surface area contributed by atoms with Crippen LogP contribution in [-0.2, 0) is 10.5 Å². The Hall–Kier alpha value is -0.703. The molecule has 0 fully saturated rings. The van der Waals surface area contributed by atoms with Crippen LogP contribution in [0.15, 0.2) is 22.7 Å². The average Bonchev–Trinajstić information content (AvgIpc) is 2.20. The highest BCUT2D eigenvalue weighted by molar-refractivity contribution is 9.10. The van der Waals surface area contributed by atoms with E-state index in [1.165, 1.54) is 6.07 Å². The van der Waals surface area contributed by atoms with Crippen LogP contribution in [0.3, 0.4) is 0 Å². The first kappa shape index (κ1) is 13.4. The minimum atomic E-state index is -2.00. The van der Waals surface area contributed by atoms with Crippen LogP contribution in [0.4, 0.5) is 4.39 Å². The maximum Gasteiger partial charge on any atom is 0.192 e. The summed E-state index contributed by atoms with van der Waals surface area (Å²) in [5.74, 6) is -0.218. The van der Waals surface area contributed by atoms with Crippen LogP contribution >= 0.6 is 15.9 Å². The minimum Gasteiger partial charge on any atom is -0.404 e. The monoisotopic (exact) mass is 301 g/mol. The topological polar surface area (TPSA) is 33.0 Å². The van der Waals surface area contributed by atoms with E-state index in [9.17, 15) is 4.39 Å². The molecule has 5 heteroatoms. The molecule has 0 amide bonds. The van der Waals surface area contributed by atoms with Crippen molar-refractivity contribution in [2.24, 2.45) is 0 Å². The maximum atomic E-state index is 13.5. The van der Waals surface area contributed by atoms with E-state index < -0.39 is 8.32 Å². The lowest BCUT2D eigenvalue weighted by molar-refractivity contribution is 0.356. The van der Waals surface area contributed by atoms with E-state index in [1.54, 1.807) is 12.1 Å². The van der Waals surface area contributed by atoms with Gasteiger partial charge in [0.2, 0.25) is 0 Å². The second-order valence-corrected chi connectivity index (χ2v) is 9.20. The quantitative estimate of drug-likeness (QED) is 0.798. The molecule has 1 rings (SSSR count). The zero-order valence-electron chi connectivity index (χ0n) is 9.26. The molecule has 0 bridgehead atoms. The van der Waals surface area contributed by atoms with Gasteiger partial charge < -0.3 is 4.43 Å². The third kappa shape index (κ3) is 4.04. The summed E-state index contributed by atoms with van der Waals surface area (Å²) in [7, 11) is -2.00. The molecule has 0 saturated heterocycles. The number of rotatable bonds is 4. The molecule has 0 spiro atoms. The van der Waals surface area contributed by atoms with Crippen LogP contribution in [0, 0.1) is 17.1 Å². The lowest BCUT2D eigenvalue weighted by atomic mass is 10.2. The lowest BCUT2D eigenvalue weighted by Crippen LogP contribution is -2.34. The van der Waals surface area contributed by atoms with E-state index in [4.69, 9.17) is 9.69 Å². The first-order valence-electron chi connectivity index (χ1n) is 4.89. The predicted molar refractivity (Wildman–Crippen MR) is 66.9 cm³/mol. The first-order chi connectivity index (χ1) is 7.44. The summed E-state index contributed by atoms with van der Waals surface area (Å²) in [5, 5.41) is 8.46. The minimum absolute atomic E-state index is 0.0782. The highest BCUT2D eigenvalue weighted by atomic mass is 79.9. The normalized spacial score (nSPS) is 11.2. The van der Waals surface area contributed by atoms with Gasteiger partial charge in [0.1, 0.15) is 12.4 Å². The van der Waals surface area contributed by atoms with Gasteiger partial charge in [-0.2, -0.15) is 5.26 Å². The van der Waals surface area contributed by atoms with E-state index in [2.05, 4.69) is 15.9 Å². The summed E-state index contributed by atoms with van der Waals surface area (Å²) < 4.78 is 19.8. The molecule has 0 aliphatic heterocycles. The molecule has 0 radical (unpaired) electrons. The third-order valence-electron chi connectivity index (χ3n) is 2.15. The maximum absolute atomic E-state index is 13.5. The molecule has 0 atom stereocenters. The number of benzene rings is 1.